The van der Waals surface area contributed by atoms with Crippen molar-refractivity contribution < 1.29 is 23.7 Å². The Labute approximate surface area is 172 Å². The van der Waals surface area contributed by atoms with Crippen LogP contribution < -0.4 is 29.2 Å². The molecule has 0 radical (unpaired) electrons. The molecule has 30 heavy (non-hydrogen) atoms. The molecule has 1 unspecified atom stereocenters. The standard InChI is InChI=1S/C23H18N2O5/c26-23-16-3-1-2-4-17(16)24-22(14-5-7-18-20(11-14)28-10-9-27-18)25(23)15-6-8-19-21(12-15)30-13-29-19/h1-8,11-12,22,24H,9-10,13H2. The minimum Gasteiger partial charge on any atom is -0.486 e. The van der Waals surface area contributed by atoms with Crippen molar-refractivity contribution in [3.05, 3.63) is 71.8 Å². The van der Waals surface area contributed by atoms with Gasteiger partial charge in [-0.1, -0.05) is 18.2 Å². The van der Waals surface area contributed by atoms with Gasteiger partial charge in [-0.3, -0.25) is 9.69 Å². The van der Waals surface area contributed by atoms with Crippen molar-refractivity contribution in [2.45, 2.75) is 6.17 Å². The molecule has 3 aromatic carbocycles. The van der Waals surface area contributed by atoms with E-state index < -0.39 is 6.17 Å². The van der Waals surface area contributed by atoms with Gasteiger partial charge in [-0.05, 0) is 42.0 Å². The number of rotatable bonds is 2. The van der Waals surface area contributed by atoms with Gasteiger partial charge in [-0.2, -0.15) is 0 Å². The molecule has 7 heteroatoms. The number of amides is 1. The molecule has 0 aromatic heterocycles. The average molecular weight is 402 g/mol. The summed E-state index contributed by atoms with van der Waals surface area (Å²) in [5, 5.41) is 3.50. The van der Waals surface area contributed by atoms with Crippen molar-refractivity contribution in [1.29, 1.82) is 0 Å². The lowest BCUT2D eigenvalue weighted by Crippen LogP contribution is -2.43. The second-order valence-corrected chi connectivity index (χ2v) is 7.21. The van der Waals surface area contributed by atoms with Crippen molar-refractivity contribution in [3.8, 4) is 23.0 Å². The van der Waals surface area contributed by atoms with Crippen LogP contribution in [0.25, 0.3) is 0 Å². The lowest BCUT2D eigenvalue weighted by molar-refractivity contribution is 0.0974. The number of fused-ring (bicyclic) bond motifs is 3. The van der Waals surface area contributed by atoms with E-state index in [-0.39, 0.29) is 12.7 Å². The van der Waals surface area contributed by atoms with Gasteiger partial charge in [0.1, 0.15) is 19.4 Å². The summed E-state index contributed by atoms with van der Waals surface area (Å²) in [6, 6.07) is 18.8. The van der Waals surface area contributed by atoms with E-state index >= 15 is 0 Å². The van der Waals surface area contributed by atoms with E-state index in [2.05, 4.69) is 5.32 Å². The first-order valence-electron chi connectivity index (χ1n) is 9.76. The van der Waals surface area contributed by atoms with Gasteiger partial charge in [0, 0.05) is 11.8 Å². The molecule has 7 nitrogen and oxygen atoms in total. The van der Waals surface area contributed by atoms with Crippen molar-refractivity contribution in [1.82, 2.24) is 0 Å². The summed E-state index contributed by atoms with van der Waals surface area (Å²) < 4.78 is 22.4. The normalized spacial score (nSPS) is 18.6. The van der Waals surface area contributed by atoms with E-state index in [0.29, 0.717) is 47.5 Å². The van der Waals surface area contributed by atoms with Crippen LogP contribution in [0.15, 0.2) is 60.7 Å². The van der Waals surface area contributed by atoms with E-state index in [0.717, 1.165) is 11.3 Å². The minimum atomic E-state index is -0.427. The third-order valence-electron chi connectivity index (χ3n) is 5.44. The molecule has 1 N–H and O–H groups in total. The number of anilines is 2. The molecule has 3 aliphatic heterocycles. The van der Waals surface area contributed by atoms with Crippen LogP contribution >= 0.6 is 0 Å². The second-order valence-electron chi connectivity index (χ2n) is 7.21. The SMILES string of the molecule is O=C1c2ccccc2NC(c2ccc3c(c2)OCCO3)N1c1ccc2c(c1)OCO2. The summed E-state index contributed by atoms with van der Waals surface area (Å²) in [6.45, 7) is 1.21. The Hall–Kier alpha value is -3.87. The Bertz CT molecular complexity index is 1160. The number of para-hydroxylation sites is 1. The Morgan fingerprint density at radius 2 is 1.53 bits per heavy atom. The smallest absolute Gasteiger partial charge is 0.262 e. The van der Waals surface area contributed by atoms with Crippen LogP contribution in [0, 0.1) is 0 Å². The van der Waals surface area contributed by atoms with Crippen LogP contribution in [-0.4, -0.2) is 25.9 Å². The lowest BCUT2D eigenvalue weighted by Gasteiger charge is -2.38. The predicted octanol–water partition coefficient (Wildman–Crippen LogP) is 3.96. The highest BCUT2D eigenvalue weighted by molar-refractivity contribution is 6.12. The van der Waals surface area contributed by atoms with Crippen LogP contribution in [-0.2, 0) is 0 Å². The molecule has 0 aliphatic carbocycles. The topological polar surface area (TPSA) is 69.3 Å². The first-order valence-corrected chi connectivity index (χ1v) is 9.76. The molecule has 3 aliphatic rings. The number of benzene rings is 3. The van der Waals surface area contributed by atoms with Crippen LogP contribution in [0.2, 0.25) is 0 Å². The summed E-state index contributed by atoms with van der Waals surface area (Å²) in [5.74, 6) is 2.59. The Morgan fingerprint density at radius 1 is 0.800 bits per heavy atom. The maximum Gasteiger partial charge on any atom is 0.262 e. The molecule has 3 heterocycles. The van der Waals surface area contributed by atoms with Gasteiger partial charge in [0.2, 0.25) is 6.79 Å². The zero-order valence-corrected chi connectivity index (χ0v) is 16.0. The zero-order valence-electron chi connectivity index (χ0n) is 16.0. The zero-order chi connectivity index (χ0) is 20.1. The van der Waals surface area contributed by atoms with Gasteiger partial charge in [-0.25, -0.2) is 0 Å². The highest BCUT2D eigenvalue weighted by Crippen LogP contribution is 2.42. The van der Waals surface area contributed by atoms with Crippen LogP contribution in [0.3, 0.4) is 0 Å². The van der Waals surface area contributed by atoms with Crippen molar-refractivity contribution >= 4 is 17.3 Å². The molecule has 0 bridgehead atoms. The fraction of sp³-hybridized carbons (Fsp3) is 0.174. The molecular weight excluding hydrogens is 384 g/mol. The van der Waals surface area contributed by atoms with Gasteiger partial charge in [0.05, 0.1) is 11.3 Å². The third kappa shape index (κ3) is 2.62. The first-order chi connectivity index (χ1) is 14.8. The Kier molecular flexibility index (Phi) is 3.74. The molecular formula is C23H18N2O5. The molecule has 150 valence electrons. The number of nitrogens with one attached hydrogen (secondary N) is 1. The van der Waals surface area contributed by atoms with E-state index in [1.165, 1.54) is 0 Å². The fourth-order valence-corrected chi connectivity index (χ4v) is 4.02. The van der Waals surface area contributed by atoms with E-state index in [1.54, 1.807) is 4.90 Å². The van der Waals surface area contributed by atoms with Crippen molar-refractivity contribution in [2.75, 3.05) is 30.2 Å². The number of hydrogen-bond acceptors (Lipinski definition) is 6. The molecule has 6 rings (SSSR count). The van der Waals surface area contributed by atoms with Crippen molar-refractivity contribution in [2.24, 2.45) is 0 Å². The summed E-state index contributed by atoms with van der Waals surface area (Å²) in [7, 11) is 0. The highest BCUT2D eigenvalue weighted by Gasteiger charge is 2.35. The lowest BCUT2D eigenvalue weighted by atomic mass is 10.0. The first kappa shape index (κ1) is 17.0. The highest BCUT2D eigenvalue weighted by atomic mass is 16.7. The number of carbonyl (C=O) groups is 1. The molecule has 0 saturated carbocycles. The fourth-order valence-electron chi connectivity index (χ4n) is 4.02. The van der Waals surface area contributed by atoms with Gasteiger partial charge in [-0.15, -0.1) is 0 Å². The predicted molar refractivity (Wildman–Crippen MR) is 110 cm³/mol. The summed E-state index contributed by atoms with van der Waals surface area (Å²) >= 11 is 0. The molecule has 1 amide bonds. The average Bonchev–Trinajstić information content (AvgIpc) is 3.26. The quantitative estimate of drug-likeness (QED) is 0.700. The second kappa shape index (κ2) is 6.59. The Morgan fingerprint density at radius 3 is 2.47 bits per heavy atom. The number of nitrogens with zero attached hydrogens (tertiary/aromatic N) is 1. The molecule has 0 spiro atoms. The monoisotopic (exact) mass is 402 g/mol. The molecule has 1 atom stereocenters. The number of hydrogen-bond donors (Lipinski definition) is 1. The van der Waals surface area contributed by atoms with E-state index in [4.69, 9.17) is 18.9 Å². The van der Waals surface area contributed by atoms with Gasteiger partial charge in [0.15, 0.2) is 23.0 Å². The Balaban J connectivity index is 1.48. The largest absolute Gasteiger partial charge is 0.486 e. The summed E-state index contributed by atoms with van der Waals surface area (Å²) in [5.41, 5.74) is 3.01. The van der Waals surface area contributed by atoms with Gasteiger partial charge < -0.3 is 24.3 Å². The molecule has 0 fully saturated rings. The van der Waals surface area contributed by atoms with Crippen molar-refractivity contribution in [3.63, 3.8) is 0 Å². The summed E-state index contributed by atoms with van der Waals surface area (Å²) in [4.78, 5) is 15.3. The molecule has 3 aromatic rings. The maximum absolute atomic E-state index is 13.5. The van der Waals surface area contributed by atoms with Crippen LogP contribution in [0.5, 0.6) is 23.0 Å². The third-order valence-corrected chi connectivity index (χ3v) is 5.44. The maximum atomic E-state index is 13.5. The number of ether oxygens (including phenoxy) is 4. The van der Waals surface area contributed by atoms with Gasteiger partial charge in [0.25, 0.3) is 5.91 Å². The van der Waals surface area contributed by atoms with Crippen LogP contribution in [0.1, 0.15) is 22.1 Å². The summed E-state index contributed by atoms with van der Waals surface area (Å²) in [6.07, 6.45) is -0.427. The minimum absolute atomic E-state index is 0.0943. The van der Waals surface area contributed by atoms with Gasteiger partial charge >= 0.3 is 0 Å². The van der Waals surface area contributed by atoms with E-state index in [9.17, 15) is 4.79 Å². The number of carbonyl (C=O) groups excluding carboxylic acids is 1. The molecule has 0 saturated heterocycles. The van der Waals surface area contributed by atoms with E-state index in [1.807, 2.05) is 60.7 Å². The van der Waals surface area contributed by atoms with Crippen LogP contribution in [0.4, 0.5) is 11.4 Å².